The Bertz CT molecular complexity index is 1220. The van der Waals surface area contributed by atoms with Crippen molar-refractivity contribution in [2.45, 2.75) is 26.6 Å². The van der Waals surface area contributed by atoms with Gasteiger partial charge in [0, 0.05) is 16.3 Å². The van der Waals surface area contributed by atoms with Crippen LogP contribution in [0, 0.1) is 13.8 Å². The van der Waals surface area contributed by atoms with E-state index in [4.69, 9.17) is 9.47 Å². The minimum Gasteiger partial charge on any atom is -0.497 e. The summed E-state index contributed by atoms with van der Waals surface area (Å²) in [4.78, 5) is 17.9. The number of ether oxygens (including phenoxy) is 2. The molecule has 3 heterocycles. The highest BCUT2D eigenvalue weighted by Crippen LogP contribution is 2.35. The number of nitrogens with zero attached hydrogens (tertiary/aromatic N) is 4. The first-order valence-corrected chi connectivity index (χ1v) is 11.0. The lowest BCUT2D eigenvalue weighted by Crippen LogP contribution is -2.05. The molecule has 0 amide bonds. The summed E-state index contributed by atoms with van der Waals surface area (Å²) >= 11 is 2.27. The zero-order chi connectivity index (χ0) is 22.9. The summed E-state index contributed by atoms with van der Waals surface area (Å²) in [6.45, 7) is 4.03. The first-order valence-electron chi connectivity index (χ1n) is 9.35. The second-order valence-corrected chi connectivity index (χ2v) is 8.81. The molecule has 0 bridgehead atoms. The van der Waals surface area contributed by atoms with E-state index in [0.717, 1.165) is 38.6 Å². The maximum absolute atomic E-state index is 13.0. The Hall–Kier alpha value is -3.05. The van der Waals surface area contributed by atoms with Gasteiger partial charge in [-0.15, -0.1) is 22.7 Å². The van der Waals surface area contributed by atoms with E-state index in [1.165, 1.54) is 11.3 Å². The molecule has 0 N–H and O–H groups in total. The van der Waals surface area contributed by atoms with Crippen LogP contribution in [0.3, 0.4) is 0 Å². The van der Waals surface area contributed by atoms with Gasteiger partial charge in [-0.3, -0.25) is 0 Å². The molecule has 0 radical (unpaired) electrons. The normalized spacial score (nSPS) is 11.6. The van der Waals surface area contributed by atoms with Crippen molar-refractivity contribution in [2.24, 2.45) is 0 Å². The standard InChI is InChI=1S/C21H17F3N4O2S2/c1-11-12(2)32-19(25-11)15-8-17(30-9-13-4-6-14(29-3)7-5-13)28-18(26-15)20-27-16(10-31-20)21(22,23)24/h4-8,10H,9H2,1-3H3. The van der Waals surface area contributed by atoms with Crippen LogP contribution in [0.1, 0.15) is 21.8 Å². The Labute approximate surface area is 189 Å². The van der Waals surface area contributed by atoms with Crippen molar-refractivity contribution in [3.63, 3.8) is 0 Å². The van der Waals surface area contributed by atoms with Gasteiger partial charge in [-0.2, -0.15) is 18.2 Å². The molecular weight excluding hydrogens is 461 g/mol. The third-order valence-corrected chi connectivity index (χ3v) is 6.42. The molecule has 0 aliphatic heterocycles. The summed E-state index contributed by atoms with van der Waals surface area (Å²) in [5.74, 6) is 0.993. The Kier molecular flexibility index (Phi) is 6.11. The molecule has 32 heavy (non-hydrogen) atoms. The molecule has 166 valence electrons. The van der Waals surface area contributed by atoms with Crippen molar-refractivity contribution in [2.75, 3.05) is 7.11 Å². The topological polar surface area (TPSA) is 70.0 Å². The van der Waals surface area contributed by atoms with Crippen LogP contribution in [-0.4, -0.2) is 27.0 Å². The highest BCUT2D eigenvalue weighted by molar-refractivity contribution is 7.15. The van der Waals surface area contributed by atoms with Crippen molar-refractivity contribution in [3.8, 4) is 33.2 Å². The predicted molar refractivity (Wildman–Crippen MR) is 116 cm³/mol. The molecule has 0 atom stereocenters. The van der Waals surface area contributed by atoms with Crippen LogP contribution in [0.4, 0.5) is 13.2 Å². The van der Waals surface area contributed by atoms with Gasteiger partial charge in [0.1, 0.15) is 23.1 Å². The number of benzene rings is 1. The van der Waals surface area contributed by atoms with Crippen LogP contribution in [-0.2, 0) is 12.8 Å². The van der Waals surface area contributed by atoms with Crippen molar-refractivity contribution in [3.05, 3.63) is 57.5 Å². The van der Waals surface area contributed by atoms with Crippen molar-refractivity contribution >= 4 is 22.7 Å². The lowest BCUT2D eigenvalue weighted by molar-refractivity contribution is -0.140. The number of aryl methyl sites for hydroxylation is 2. The summed E-state index contributed by atoms with van der Waals surface area (Å²) in [7, 11) is 1.58. The first-order chi connectivity index (χ1) is 15.2. The number of aromatic nitrogens is 4. The zero-order valence-electron chi connectivity index (χ0n) is 17.2. The number of rotatable bonds is 6. The Morgan fingerprint density at radius 2 is 1.72 bits per heavy atom. The molecule has 0 fully saturated rings. The smallest absolute Gasteiger partial charge is 0.434 e. The molecule has 0 unspecified atom stereocenters. The molecule has 1 aromatic carbocycles. The van der Waals surface area contributed by atoms with Crippen LogP contribution < -0.4 is 9.47 Å². The Balaban J connectivity index is 1.69. The van der Waals surface area contributed by atoms with Crippen molar-refractivity contribution in [1.82, 2.24) is 19.9 Å². The number of halogens is 3. The summed E-state index contributed by atoms with van der Waals surface area (Å²) in [5, 5.41) is 1.63. The quantitative estimate of drug-likeness (QED) is 0.341. The van der Waals surface area contributed by atoms with Gasteiger partial charge < -0.3 is 9.47 Å². The lowest BCUT2D eigenvalue weighted by atomic mass is 10.2. The van der Waals surface area contributed by atoms with Gasteiger partial charge in [0.15, 0.2) is 16.5 Å². The maximum Gasteiger partial charge on any atom is 0.434 e. The predicted octanol–water partition coefficient (Wildman–Crippen LogP) is 5.95. The minimum atomic E-state index is -4.54. The maximum atomic E-state index is 13.0. The highest BCUT2D eigenvalue weighted by Gasteiger charge is 2.34. The largest absolute Gasteiger partial charge is 0.497 e. The first kappa shape index (κ1) is 22.2. The van der Waals surface area contributed by atoms with Gasteiger partial charge in [-0.05, 0) is 31.5 Å². The third kappa shape index (κ3) is 4.89. The molecule has 4 aromatic rings. The Morgan fingerprint density at radius 1 is 0.969 bits per heavy atom. The molecule has 0 saturated heterocycles. The van der Waals surface area contributed by atoms with E-state index < -0.39 is 11.9 Å². The SMILES string of the molecule is COc1ccc(COc2cc(-c3nc(C)c(C)s3)nc(-c3nc(C(F)(F)F)cs3)n2)cc1. The number of thiazole rings is 2. The van der Waals surface area contributed by atoms with E-state index in [1.54, 1.807) is 13.2 Å². The summed E-state index contributed by atoms with van der Waals surface area (Å²) in [5.41, 5.74) is 1.22. The van der Waals surface area contributed by atoms with Gasteiger partial charge in [0.2, 0.25) is 5.88 Å². The number of alkyl halides is 3. The highest BCUT2D eigenvalue weighted by atomic mass is 32.1. The fraction of sp³-hybridized carbons (Fsp3) is 0.238. The van der Waals surface area contributed by atoms with Gasteiger partial charge in [0.05, 0.1) is 12.8 Å². The molecule has 0 spiro atoms. The van der Waals surface area contributed by atoms with Crippen LogP contribution >= 0.6 is 22.7 Å². The zero-order valence-corrected chi connectivity index (χ0v) is 18.9. The Morgan fingerprint density at radius 3 is 2.31 bits per heavy atom. The van der Waals surface area contributed by atoms with E-state index in [2.05, 4.69) is 19.9 Å². The fourth-order valence-electron chi connectivity index (χ4n) is 2.67. The summed E-state index contributed by atoms with van der Waals surface area (Å²) in [6.07, 6.45) is -4.54. The molecule has 0 aliphatic rings. The molecule has 0 aliphatic carbocycles. The molecule has 4 rings (SSSR count). The van der Waals surface area contributed by atoms with Crippen LogP contribution in [0.5, 0.6) is 11.6 Å². The number of hydrogen-bond donors (Lipinski definition) is 0. The number of hydrogen-bond acceptors (Lipinski definition) is 8. The second kappa shape index (κ2) is 8.83. The average Bonchev–Trinajstić information content (AvgIpc) is 3.40. The molecule has 11 heteroatoms. The van der Waals surface area contributed by atoms with Crippen LogP contribution in [0.15, 0.2) is 35.7 Å². The monoisotopic (exact) mass is 478 g/mol. The average molecular weight is 479 g/mol. The van der Waals surface area contributed by atoms with Crippen LogP contribution in [0.25, 0.3) is 21.5 Å². The van der Waals surface area contributed by atoms with E-state index in [1.807, 2.05) is 38.1 Å². The van der Waals surface area contributed by atoms with Crippen molar-refractivity contribution in [1.29, 1.82) is 0 Å². The second-order valence-electron chi connectivity index (χ2n) is 6.75. The van der Waals surface area contributed by atoms with E-state index >= 15 is 0 Å². The molecule has 6 nitrogen and oxygen atoms in total. The number of methoxy groups -OCH3 is 1. The van der Waals surface area contributed by atoms with E-state index in [-0.39, 0.29) is 23.3 Å². The summed E-state index contributed by atoms with van der Waals surface area (Å²) in [6, 6.07) is 8.95. The van der Waals surface area contributed by atoms with Crippen LogP contribution in [0.2, 0.25) is 0 Å². The minimum absolute atomic E-state index is 0.0539. The van der Waals surface area contributed by atoms with Gasteiger partial charge in [-0.25, -0.2) is 15.0 Å². The third-order valence-electron chi connectivity index (χ3n) is 4.48. The molecule has 0 saturated carbocycles. The fourth-order valence-corrected chi connectivity index (χ4v) is 4.30. The van der Waals surface area contributed by atoms with Crippen molar-refractivity contribution < 1.29 is 22.6 Å². The van der Waals surface area contributed by atoms with E-state index in [0.29, 0.717) is 10.7 Å². The van der Waals surface area contributed by atoms with Gasteiger partial charge in [-0.1, -0.05) is 12.1 Å². The molecular formula is C21H17F3N4O2S2. The lowest BCUT2D eigenvalue weighted by Gasteiger charge is -2.09. The van der Waals surface area contributed by atoms with Gasteiger partial charge in [0.25, 0.3) is 0 Å². The molecule has 3 aromatic heterocycles. The summed E-state index contributed by atoms with van der Waals surface area (Å²) < 4.78 is 50.0. The van der Waals surface area contributed by atoms with E-state index in [9.17, 15) is 13.2 Å². The van der Waals surface area contributed by atoms with Gasteiger partial charge >= 0.3 is 6.18 Å².